The quantitative estimate of drug-likeness (QED) is 0.396. The van der Waals surface area contributed by atoms with Crippen LogP contribution in [0, 0.1) is 0 Å². The lowest BCUT2D eigenvalue weighted by Crippen LogP contribution is -2.43. The van der Waals surface area contributed by atoms with Crippen LogP contribution in [0.5, 0.6) is 0 Å². The van der Waals surface area contributed by atoms with Gasteiger partial charge in [0, 0.05) is 27.2 Å². The van der Waals surface area contributed by atoms with E-state index in [9.17, 15) is 14.4 Å². The summed E-state index contributed by atoms with van der Waals surface area (Å²) in [5.74, 6) is -1.57. The molecule has 0 heterocycles. The summed E-state index contributed by atoms with van der Waals surface area (Å²) in [6, 6.07) is 0. The van der Waals surface area contributed by atoms with E-state index in [0.717, 1.165) is 0 Å². The number of carbonyl (C=O) groups excluding carboxylic acids is 3. The van der Waals surface area contributed by atoms with Crippen molar-refractivity contribution in [2.75, 3.05) is 0 Å². The number of carbonyl (C=O) groups is 3. The molecule has 0 bridgehead atoms. The van der Waals surface area contributed by atoms with Gasteiger partial charge in [0.15, 0.2) is 6.10 Å². The zero-order valence-corrected chi connectivity index (χ0v) is 11.7. The van der Waals surface area contributed by atoms with Crippen molar-refractivity contribution in [2.45, 2.75) is 52.4 Å². The fourth-order valence-electron chi connectivity index (χ4n) is 1.62. The van der Waals surface area contributed by atoms with Crippen molar-refractivity contribution in [3.63, 3.8) is 0 Å². The molecule has 0 amide bonds. The number of ether oxygens (including phenoxy) is 3. The average molecular weight is 272 g/mol. The molecule has 0 aromatic rings. The Hall–Kier alpha value is -1.85. The van der Waals surface area contributed by atoms with Crippen LogP contribution in [-0.4, -0.2) is 36.2 Å². The Morgan fingerprint density at radius 1 is 1.00 bits per heavy atom. The average Bonchev–Trinajstić information content (AvgIpc) is 2.23. The largest absolute Gasteiger partial charge is 0.459 e. The second kappa shape index (κ2) is 8.29. The maximum Gasteiger partial charge on any atom is 0.303 e. The van der Waals surface area contributed by atoms with Crippen molar-refractivity contribution in [2.24, 2.45) is 0 Å². The predicted molar refractivity (Wildman–Crippen MR) is 67.2 cm³/mol. The summed E-state index contributed by atoms with van der Waals surface area (Å²) in [5.41, 5.74) is 0. The van der Waals surface area contributed by atoms with Crippen LogP contribution >= 0.6 is 0 Å². The first-order chi connectivity index (χ1) is 8.77. The second-order valence-electron chi connectivity index (χ2n) is 4.06. The van der Waals surface area contributed by atoms with Crippen LogP contribution in [0.1, 0.15) is 34.1 Å². The Morgan fingerprint density at radius 3 is 1.84 bits per heavy atom. The topological polar surface area (TPSA) is 78.9 Å². The molecule has 0 radical (unpaired) electrons. The first-order valence-electron chi connectivity index (χ1n) is 5.90. The van der Waals surface area contributed by atoms with Crippen LogP contribution in [0.2, 0.25) is 0 Å². The minimum Gasteiger partial charge on any atom is -0.459 e. The Balaban J connectivity index is 5.02. The van der Waals surface area contributed by atoms with Crippen molar-refractivity contribution < 1.29 is 28.6 Å². The molecule has 0 fully saturated rings. The van der Waals surface area contributed by atoms with Gasteiger partial charge in [0.1, 0.15) is 12.2 Å². The minimum absolute atomic E-state index is 0.281. The van der Waals surface area contributed by atoms with Crippen LogP contribution in [-0.2, 0) is 28.6 Å². The van der Waals surface area contributed by atoms with Crippen molar-refractivity contribution in [3.8, 4) is 0 Å². The third kappa shape index (κ3) is 7.23. The maximum atomic E-state index is 11.1. The van der Waals surface area contributed by atoms with Crippen LogP contribution in [0.3, 0.4) is 0 Å². The molecule has 19 heavy (non-hydrogen) atoms. The monoisotopic (exact) mass is 272 g/mol. The lowest BCUT2D eigenvalue weighted by Gasteiger charge is -2.29. The van der Waals surface area contributed by atoms with E-state index < -0.39 is 36.2 Å². The maximum absolute atomic E-state index is 11.1. The summed E-state index contributed by atoms with van der Waals surface area (Å²) in [5, 5.41) is 0. The third-order valence-electron chi connectivity index (χ3n) is 2.20. The molecule has 0 aliphatic heterocycles. The van der Waals surface area contributed by atoms with Crippen molar-refractivity contribution >= 4 is 17.9 Å². The normalized spacial score (nSPS) is 14.7. The molecule has 6 heteroatoms. The van der Waals surface area contributed by atoms with Gasteiger partial charge in [0.25, 0.3) is 0 Å². The molecule has 0 aliphatic carbocycles. The van der Waals surface area contributed by atoms with E-state index in [1.807, 2.05) is 0 Å². The number of esters is 3. The van der Waals surface area contributed by atoms with E-state index >= 15 is 0 Å². The molecular weight excluding hydrogens is 252 g/mol. The van der Waals surface area contributed by atoms with Gasteiger partial charge in [-0.15, -0.1) is 6.58 Å². The second-order valence-corrected chi connectivity index (χ2v) is 4.06. The number of rotatable bonds is 7. The van der Waals surface area contributed by atoms with Crippen molar-refractivity contribution in [3.05, 3.63) is 12.7 Å². The Labute approximate surface area is 112 Å². The van der Waals surface area contributed by atoms with Crippen molar-refractivity contribution in [1.82, 2.24) is 0 Å². The third-order valence-corrected chi connectivity index (χ3v) is 2.20. The fraction of sp³-hybridized carbons (Fsp3) is 0.615. The molecule has 0 aliphatic rings. The van der Waals surface area contributed by atoms with Gasteiger partial charge in [-0.05, 0) is 6.92 Å². The first-order valence-corrected chi connectivity index (χ1v) is 5.90. The summed E-state index contributed by atoms with van der Waals surface area (Å²) in [4.78, 5) is 33.1. The molecule has 0 N–H and O–H groups in total. The smallest absolute Gasteiger partial charge is 0.303 e. The van der Waals surface area contributed by atoms with E-state index in [1.54, 1.807) is 6.92 Å². The van der Waals surface area contributed by atoms with E-state index in [-0.39, 0.29) is 6.42 Å². The first kappa shape index (κ1) is 17.2. The van der Waals surface area contributed by atoms with Gasteiger partial charge in [0.2, 0.25) is 0 Å². The van der Waals surface area contributed by atoms with Gasteiger partial charge >= 0.3 is 17.9 Å². The van der Waals surface area contributed by atoms with E-state index in [2.05, 4.69) is 6.58 Å². The van der Waals surface area contributed by atoms with Crippen LogP contribution in [0.15, 0.2) is 12.7 Å². The molecule has 0 unspecified atom stereocenters. The van der Waals surface area contributed by atoms with Crippen LogP contribution in [0.4, 0.5) is 0 Å². The molecule has 6 nitrogen and oxygen atoms in total. The zero-order chi connectivity index (χ0) is 15.0. The summed E-state index contributed by atoms with van der Waals surface area (Å²) in [6.45, 7) is 8.84. The van der Waals surface area contributed by atoms with Gasteiger partial charge in [-0.2, -0.15) is 0 Å². The highest BCUT2D eigenvalue weighted by Crippen LogP contribution is 2.16. The standard InChI is InChI=1S/C13H20O6/c1-6-7-12(18-10(4)15)13(19-11(5)16)8(2)17-9(3)14/h6,8,12-13H,1,7H2,2-5H3/t8-,12+,13+/m1/s1. The predicted octanol–water partition coefficient (Wildman–Crippen LogP) is 1.38. The van der Waals surface area contributed by atoms with Gasteiger partial charge in [-0.25, -0.2) is 0 Å². The van der Waals surface area contributed by atoms with Gasteiger partial charge < -0.3 is 14.2 Å². The highest BCUT2D eigenvalue weighted by atomic mass is 16.6. The number of hydrogen-bond acceptors (Lipinski definition) is 6. The van der Waals surface area contributed by atoms with E-state index in [4.69, 9.17) is 14.2 Å². The Kier molecular flexibility index (Phi) is 7.48. The lowest BCUT2D eigenvalue weighted by atomic mass is 10.1. The molecule has 108 valence electrons. The van der Waals surface area contributed by atoms with Crippen LogP contribution < -0.4 is 0 Å². The summed E-state index contributed by atoms with van der Waals surface area (Å²) >= 11 is 0. The highest BCUT2D eigenvalue weighted by molar-refractivity contribution is 5.68. The zero-order valence-electron chi connectivity index (χ0n) is 11.7. The van der Waals surface area contributed by atoms with E-state index in [1.165, 1.54) is 26.8 Å². The molecule has 0 aromatic heterocycles. The Morgan fingerprint density at radius 2 is 1.47 bits per heavy atom. The summed E-state index contributed by atoms with van der Waals surface area (Å²) < 4.78 is 15.1. The van der Waals surface area contributed by atoms with Crippen molar-refractivity contribution in [1.29, 1.82) is 0 Å². The molecule has 0 saturated carbocycles. The van der Waals surface area contributed by atoms with Gasteiger partial charge in [0.05, 0.1) is 0 Å². The van der Waals surface area contributed by atoms with Gasteiger partial charge in [-0.3, -0.25) is 14.4 Å². The molecule has 0 spiro atoms. The fourth-order valence-corrected chi connectivity index (χ4v) is 1.62. The van der Waals surface area contributed by atoms with Crippen LogP contribution in [0.25, 0.3) is 0 Å². The number of hydrogen-bond donors (Lipinski definition) is 0. The molecule has 0 aromatic carbocycles. The SMILES string of the molecule is C=CC[C@H](OC(C)=O)[C@@H](OC(C)=O)[C@@H](C)OC(C)=O. The summed E-state index contributed by atoms with van der Waals surface area (Å²) in [6.07, 6.45) is -0.532. The van der Waals surface area contributed by atoms with Gasteiger partial charge in [-0.1, -0.05) is 6.08 Å². The van der Waals surface area contributed by atoms with E-state index in [0.29, 0.717) is 0 Å². The molecule has 0 rings (SSSR count). The highest BCUT2D eigenvalue weighted by Gasteiger charge is 2.33. The Bertz CT molecular complexity index is 349. The minimum atomic E-state index is -0.872. The molecule has 3 atom stereocenters. The molecular formula is C13H20O6. The molecule has 0 saturated heterocycles. The lowest BCUT2D eigenvalue weighted by molar-refractivity contribution is -0.180. The summed E-state index contributed by atoms with van der Waals surface area (Å²) in [7, 11) is 0.